The number of amides is 2. The molecule has 0 spiro atoms. The number of carbonyl (C=O) groups excluding carboxylic acids is 2. The summed E-state index contributed by atoms with van der Waals surface area (Å²) in [7, 11) is 0. The Bertz CT molecular complexity index is 1180. The van der Waals surface area contributed by atoms with E-state index in [-0.39, 0.29) is 31.0 Å². The zero-order chi connectivity index (χ0) is 26.9. The predicted molar refractivity (Wildman–Crippen MR) is 150 cm³/mol. The molecular weight excluding hydrogens is 507 g/mol. The molecule has 0 aromatic heterocycles. The highest BCUT2D eigenvalue weighted by molar-refractivity contribution is 6.36. The van der Waals surface area contributed by atoms with Crippen LogP contribution >= 0.6 is 23.2 Å². The molecule has 2 atom stereocenters. The lowest BCUT2D eigenvalue weighted by molar-refractivity contribution is -0.143. The Morgan fingerprint density at radius 2 is 1.57 bits per heavy atom. The fraction of sp³-hybridized carbons (Fsp3) is 0.333. The number of aryl methyl sites for hydroxylation is 2. The molecule has 3 aromatic rings. The highest BCUT2D eigenvalue weighted by Crippen LogP contribution is 2.27. The SMILES string of the molecule is CC[C@@H](C)NC(=O)[C@@H](Cc1ccccc1)N(Cc1c(Cl)cccc1Cl)C(=O)COc1cc(C)cc(C)c1. The third kappa shape index (κ3) is 8.24. The minimum Gasteiger partial charge on any atom is -0.484 e. The molecule has 3 aromatic carbocycles. The van der Waals surface area contributed by atoms with Gasteiger partial charge in [0.2, 0.25) is 5.91 Å². The van der Waals surface area contributed by atoms with Crippen LogP contribution in [0.1, 0.15) is 42.5 Å². The number of rotatable bonds is 11. The number of nitrogens with one attached hydrogen (secondary N) is 1. The predicted octanol–water partition coefficient (Wildman–Crippen LogP) is 6.54. The summed E-state index contributed by atoms with van der Waals surface area (Å²) in [6, 6.07) is 19.8. The van der Waals surface area contributed by atoms with Gasteiger partial charge >= 0.3 is 0 Å². The van der Waals surface area contributed by atoms with Crippen molar-refractivity contribution in [3.05, 3.63) is 99.0 Å². The fourth-order valence-electron chi connectivity index (χ4n) is 4.09. The van der Waals surface area contributed by atoms with Crippen LogP contribution in [-0.2, 0) is 22.6 Å². The molecule has 0 aliphatic carbocycles. The van der Waals surface area contributed by atoms with Gasteiger partial charge in [-0.3, -0.25) is 9.59 Å². The van der Waals surface area contributed by atoms with Gasteiger partial charge in [-0.05, 0) is 68.1 Å². The average molecular weight is 542 g/mol. The molecular formula is C30H34Cl2N2O3. The van der Waals surface area contributed by atoms with Gasteiger partial charge in [0.15, 0.2) is 6.61 Å². The van der Waals surface area contributed by atoms with Crippen molar-refractivity contribution in [2.45, 2.75) is 59.2 Å². The Morgan fingerprint density at radius 1 is 0.946 bits per heavy atom. The summed E-state index contributed by atoms with van der Waals surface area (Å²) in [5.74, 6) is 0.0294. The highest BCUT2D eigenvalue weighted by atomic mass is 35.5. The third-order valence-electron chi connectivity index (χ3n) is 6.22. The first kappa shape index (κ1) is 28.5. The summed E-state index contributed by atoms with van der Waals surface area (Å²) < 4.78 is 5.90. The van der Waals surface area contributed by atoms with E-state index >= 15 is 0 Å². The van der Waals surface area contributed by atoms with E-state index in [1.165, 1.54) is 4.90 Å². The summed E-state index contributed by atoms with van der Waals surface area (Å²) >= 11 is 13.0. The van der Waals surface area contributed by atoms with Crippen molar-refractivity contribution in [2.24, 2.45) is 0 Å². The van der Waals surface area contributed by atoms with Crippen molar-refractivity contribution < 1.29 is 14.3 Å². The Balaban J connectivity index is 1.97. The molecule has 0 saturated carbocycles. The number of hydrogen-bond acceptors (Lipinski definition) is 3. The molecule has 37 heavy (non-hydrogen) atoms. The van der Waals surface area contributed by atoms with Gasteiger partial charge in [-0.25, -0.2) is 0 Å². The summed E-state index contributed by atoms with van der Waals surface area (Å²) in [6.07, 6.45) is 1.10. The van der Waals surface area contributed by atoms with Crippen LogP contribution in [0, 0.1) is 13.8 Å². The van der Waals surface area contributed by atoms with Crippen molar-refractivity contribution in [2.75, 3.05) is 6.61 Å². The van der Waals surface area contributed by atoms with Gasteiger partial charge in [-0.1, -0.05) is 72.6 Å². The first-order valence-electron chi connectivity index (χ1n) is 12.5. The molecule has 3 rings (SSSR count). The maximum atomic E-state index is 13.7. The van der Waals surface area contributed by atoms with Gasteiger partial charge in [-0.2, -0.15) is 0 Å². The van der Waals surface area contributed by atoms with Crippen LogP contribution in [0.25, 0.3) is 0 Å². The second-order valence-corrected chi connectivity index (χ2v) is 10.2. The zero-order valence-corrected chi connectivity index (χ0v) is 23.3. The molecule has 0 heterocycles. The van der Waals surface area contributed by atoms with Gasteiger partial charge in [0.1, 0.15) is 11.8 Å². The smallest absolute Gasteiger partial charge is 0.261 e. The van der Waals surface area contributed by atoms with Crippen LogP contribution in [0.15, 0.2) is 66.7 Å². The van der Waals surface area contributed by atoms with E-state index in [0.717, 1.165) is 23.1 Å². The fourth-order valence-corrected chi connectivity index (χ4v) is 4.61. The molecule has 0 bridgehead atoms. The summed E-state index contributed by atoms with van der Waals surface area (Å²) in [5, 5.41) is 3.91. The van der Waals surface area contributed by atoms with Gasteiger partial charge in [0.25, 0.3) is 5.91 Å². The van der Waals surface area contributed by atoms with Crippen LogP contribution in [0.2, 0.25) is 10.0 Å². The number of ether oxygens (including phenoxy) is 1. The molecule has 0 saturated heterocycles. The van der Waals surface area contributed by atoms with Crippen molar-refractivity contribution in [3.8, 4) is 5.75 Å². The van der Waals surface area contributed by atoms with Gasteiger partial charge in [0.05, 0.1) is 0 Å². The molecule has 196 valence electrons. The molecule has 0 aliphatic heterocycles. The topological polar surface area (TPSA) is 58.6 Å². The number of halogens is 2. The van der Waals surface area contributed by atoms with E-state index in [4.69, 9.17) is 27.9 Å². The standard InChI is InChI=1S/C30H34Cl2N2O3/c1-5-22(4)33-30(36)28(17-23-10-7-6-8-11-23)34(18-25-26(31)12-9-13-27(25)32)29(35)19-37-24-15-20(2)14-21(3)16-24/h6-16,22,28H,5,17-19H2,1-4H3,(H,33,36)/t22-,28-/m1/s1. The van der Waals surface area contributed by atoms with Gasteiger partial charge in [0, 0.05) is 34.6 Å². The van der Waals surface area contributed by atoms with E-state index < -0.39 is 6.04 Å². The van der Waals surface area contributed by atoms with Gasteiger partial charge < -0.3 is 15.0 Å². The second-order valence-electron chi connectivity index (χ2n) is 9.36. The largest absolute Gasteiger partial charge is 0.484 e. The van der Waals surface area contributed by atoms with Crippen molar-refractivity contribution in [1.29, 1.82) is 0 Å². The molecule has 2 amide bonds. The van der Waals surface area contributed by atoms with Crippen LogP contribution < -0.4 is 10.1 Å². The lowest BCUT2D eigenvalue weighted by Gasteiger charge is -2.32. The van der Waals surface area contributed by atoms with Crippen molar-refractivity contribution in [1.82, 2.24) is 10.2 Å². The third-order valence-corrected chi connectivity index (χ3v) is 6.93. The first-order valence-corrected chi connectivity index (χ1v) is 13.2. The lowest BCUT2D eigenvalue weighted by Crippen LogP contribution is -2.53. The molecule has 7 heteroatoms. The van der Waals surface area contributed by atoms with E-state index in [2.05, 4.69) is 5.32 Å². The molecule has 1 N–H and O–H groups in total. The number of benzene rings is 3. The van der Waals surface area contributed by atoms with Crippen LogP contribution in [0.5, 0.6) is 5.75 Å². The van der Waals surface area contributed by atoms with E-state index in [1.54, 1.807) is 18.2 Å². The molecule has 0 unspecified atom stereocenters. The summed E-state index contributed by atoms with van der Waals surface area (Å²) in [4.78, 5) is 28.8. The normalized spacial score (nSPS) is 12.5. The number of carbonyl (C=O) groups is 2. The minimum atomic E-state index is -0.793. The Morgan fingerprint density at radius 3 is 2.16 bits per heavy atom. The minimum absolute atomic E-state index is 0.0434. The number of nitrogens with zero attached hydrogens (tertiary/aromatic N) is 1. The quantitative estimate of drug-likeness (QED) is 0.300. The molecule has 0 aliphatic rings. The average Bonchev–Trinajstić information content (AvgIpc) is 2.86. The van der Waals surface area contributed by atoms with Gasteiger partial charge in [-0.15, -0.1) is 0 Å². The van der Waals surface area contributed by atoms with Crippen LogP contribution in [0.3, 0.4) is 0 Å². The molecule has 5 nitrogen and oxygen atoms in total. The Labute approximate surface area is 229 Å². The monoisotopic (exact) mass is 540 g/mol. The van der Waals surface area contributed by atoms with E-state index in [0.29, 0.717) is 27.8 Å². The van der Waals surface area contributed by atoms with E-state index in [9.17, 15) is 9.59 Å². The summed E-state index contributed by atoms with van der Waals surface area (Å²) in [5.41, 5.74) is 3.60. The Hall–Kier alpha value is -3.02. The van der Waals surface area contributed by atoms with E-state index in [1.807, 2.05) is 76.2 Å². The first-order chi connectivity index (χ1) is 17.7. The maximum absolute atomic E-state index is 13.7. The lowest BCUT2D eigenvalue weighted by atomic mass is 10.0. The maximum Gasteiger partial charge on any atom is 0.261 e. The van der Waals surface area contributed by atoms with Crippen LogP contribution in [-0.4, -0.2) is 35.4 Å². The molecule has 0 fully saturated rings. The van der Waals surface area contributed by atoms with Crippen LogP contribution in [0.4, 0.5) is 0 Å². The van der Waals surface area contributed by atoms with Crippen molar-refractivity contribution >= 4 is 35.0 Å². The second kappa shape index (κ2) is 13.5. The zero-order valence-electron chi connectivity index (χ0n) is 21.8. The molecule has 0 radical (unpaired) electrons. The number of hydrogen-bond donors (Lipinski definition) is 1. The summed E-state index contributed by atoms with van der Waals surface area (Å²) in [6.45, 7) is 7.73. The highest BCUT2D eigenvalue weighted by Gasteiger charge is 2.32. The van der Waals surface area contributed by atoms with Crippen molar-refractivity contribution in [3.63, 3.8) is 0 Å². The Kier molecular flexibility index (Phi) is 10.4.